The van der Waals surface area contributed by atoms with Crippen LogP contribution in [0.25, 0.3) is 0 Å². The monoisotopic (exact) mass is 560 g/mol. The summed E-state index contributed by atoms with van der Waals surface area (Å²) in [6.45, 7) is 11.1. The lowest BCUT2D eigenvalue weighted by molar-refractivity contribution is -0.126. The predicted molar refractivity (Wildman–Crippen MR) is 151 cm³/mol. The molecule has 0 heterocycles. The highest BCUT2D eigenvalue weighted by molar-refractivity contribution is 6.00. The van der Waals surface area contributed by atoms with Crippen LogP contribution in [0.2, 0.25) is 0 Å². The van der Waals surface area contributed by atoms with E-state index in [0.29, 0.717) is 37.3 Å². The maximum atomic E-state index is 14.0. The van der Waals surface area contributed by atoms with E-state index in [1.165, 1.54) is 6.07 Å². The zero-order valence-corrected chi connectivity index (χ0v) is 24.0. The fourth-order valence-corrected chi connectivity index (χ4v) is 4.67. The molecule has 2 rings (SSSR count). The van der Waals surface area contributed by atoms with Gasteiger partial charge in [-0.1, -0.05) is 20.8 Å². The van der Waals surface area contributed by atoms with Crippen molar-refractivity contribution in [2.75, 3.05) is 26.2 Å². The largest absolute Gasteiger partial charge is 0.389 e. The first-order valence-corrected chi connectivity index (χ1v) is 13.9. The molecule has 3 unspecified atom stereocenters. The second kappa shape index (κ2) is 16.0. The lowest BCUT2D eigenvalue weighted by Crippen LogP contribution is -2.59. The molecule has 8 nitrogen and oxygen atoms in total. The molecule has 0 bridgehead atoms. The number of aliphatic hydroxyl groups excluding tert-OH is 1. The van der Waals surface area contributed by atoms with Gasteiger partial charge in [-0.05, 0) is 81.1 Å². The van der Waals surface area contributed by atoms with Gasteiger partial charge in [0, 0.05) is 36.8 Å². The molecule has 220 valence electrons. The lowest BCUT2D eigenvalue weighted by atomic mass is 9.94. The first-order chi connectivity index (χ1) is 19.0. The van der Waals surface area contributed by atoms with E-state index >= 15 is 0 Å². The number of carbonyl (C=O) groups excluding carboxylic acids is 3. The summed E-state index contributed by atoms with van der Waals surface area (Å²) in [5.74, 6) is -2.85. The molecule has 0 saturated carbocycles. The van der Waals surface area contributed by atoms with E-state index in [0.717, 1.165) is 31.0 Å². The minimum atomic E-state index is -1.45. The Hall–Kier alpha value is -3.37. The third-order valence-corrected chi connectivity index (χ3v) is 6.37. The molecule has 4 N–H and O–H groups in total. The number of hydrogen-bond donors (Lipinski definition) is 4. The van der Waals surface area contributed by atoms with Gasteiger partial charge in [0.25, 0.3) is 11.8 Å². The highest BCUT2D eigenvalue weighted by atomic mass is 19.1. The van der Waals surface area contributed by atoms with Crippen LogP contribution in [-0.4, -0.2) is 72.1 Å². The van der Waals surface area contributed by atoms with Gasteiger partial charge in [0.15, 0.2) is 0 Å². The number of nitrogens with zero attached hydrogens (tertiary/aromatic N) is 1. The molecular weight excluding hydrogens is 518 g/mol. The molecule has 10 heteroatoms. The average molecular weight is 561 g/mol. The minimum Gasteiger partial charge on any atom is -0.389 e. The van der Waals surface area contributed by atoms with Gasteiger partial charge in [0.2, 0.25) is 5.91 Å². The van der Waals surface area contributed by atoms with Gasteiger partial charge < -0.3 is 26.0 Å². The molecule has 0 aliphatic rings. The summed E-state index contributed by atoms with van der Waals surface area (Å²) in [4.78, 5) is 41.2. The Kier molecular flexibility index (Phi) is 13.2. The van der Waals surface area contributed by atoms with E-state index in [-0.39, 0.29) is 23.5 Å². The summed E-state index contributed by atoms with van der Waals surface area (Å²) in [7, 11) is 0. The van der Waals surface area contributed by atoms with Gasteiger partial charge in [-0.3, -0.25) is 14.4 Å². The van der Waals surface area contributed by atoms with Gasteiger partial charge in [-0.15, -0.1) is 0 Å². The summed E-state index contributed by atoms with van der Waals surface area (Å²) in [5.41, 5.74) is 1.45. The van der Waals surface area contributed by atoms with Crippen molar-refractivity contribution in [3.63, 3.8) is 0 Å². The molecule has 2 aromatic carbocycles. The second-order valence-corrected chi connectivity index (χ2v) is 9.86. The first-order valence-electron chi connectivity index (χ1n) is 13.9. The topological polar surface area (TPSA) is 111 Å². The molecule has 3 atom stereocenters. The zero-order valence-electron chi connectivity index (χ0n) is 24.0. The quantitative estimate of drug-likeness (QED) is 0.267. The van der Waals surface area contributed by atoms with Gasteiger partial charge in [-0.2, -0.15) is 0 Å². The maximum Gasteiger partial charge on any atom is 0.253 e. The molecule has 0 aromatic heterocycles. The van der Waals surface area contributed by atoms with Crippen molar-refractivity contribution >= 4 is 17.7 Å². The molecule has 0 radical (unpaired) electrons. The molecule has 0 aliphatic carbocycles. The molecular formula is C30H42F2N4O4. The number of nitrogens with one attached hydrogen (secondary N) is 3. The predicted octanol–water partition coefficient (Wildman–Crippen LogP) is 3.35. The van der Waals surface area contributed by atoms with E-state index in [1.54, 1.807) is 37.8 Å². The lowest BCUT2D eigenvalue weighted by Gasteiger charge is -2.30. The van der Waals surface area contributed by atoms with Crippen molar-refractivity contribution in [2.24, 2.45) is 0 Å². The van der Waals surface area contributed by atoms with E-state index in [4.69, 9.17) is 0 Å². The van der Waals surface area contributed by atoms with E-state index in [2.05, 4.69) is 16.0 Å². The fourth-order valence-electron chi connectivity index (χ4n) is 4.67. The average Bonchev–Trinajstić information content (AvgIpc) is 2.89. The Balaban J connectivity index is 2.44. The molecule has 2 aromatic rings. The Morgan fingerprint density at radius 3 is 2.02 bits per heavy atom. The summed E-state index contributed by atoms with van der Waals surface area (Å²) < 4.78 is 27.9. The highest BCUT2D eigenvalue weighted by Crippen LogP contribution is 2.17. The van der Waals surface area contributed by atoms with Gasteiger partial charge in [-0.25, -0.2) is 8.78 Å². The van der Waals surface area contributed by atoms with Crippen molar-refractivity contribution < 1.29 is 28.3 Å². The minimum absolute atomic E-state index is 0.152. The third-order valence-electron chi connectivity index (χ3n) is 6.37. The molecule has 3 amide bonds. The number of aliphatic hydroxyl groups is 1. The normalized spacial score (nSPS) is 13.3. The fraction of sp³-hybridized carbons (Fsp3) is 0.500. The summed E-state index contributed by atoms with van der Waals surface area (Å²) in [5, 5.41) is 19.6. The Labute approximate surface area is 235 Å². The summed E-state index contributed by atoms with van der Waals surface area (Å²) in [6.07, 6.45) is -0.00777. The Morgan fingerprint density at radius 2 is 1.48 bits per heavy atom. The smallest absolute Gasteiger partial charge is 0.253 e. The Bertz CT molecular complexity index is 1130. The number of carbonyl (C=O) groups is 3. The number of hydrogen-bond acceptors (Lipinski definition) is 5. The molecule has 0 saturated heterocycles. The number of likely N-dealkylation sites (N-methyl/N-ethyl adjacent to an activating group) is 2. The van der Waals surface area contributed by atoms with Crippen molar-refractivity contribution in [1.29, 1.82) is 0 Å². The standard InChI is InChI=1S/C30H42F2N4O4/c1-6-10-36(11-7-2)30(40)22-13-19(5)12-21(17-22)28(38)35-25(16-20-14-23(31)18-24(32)15-20)27(37)26(33-8-3)29(39)34-9-4/h12-15,17-18,25-27,33,37H,6-11,16H2,1-5H3,(H,34,39)(H,35,38). The third kappa shape index (κ3) is 9.38. The van der Waals surface area contributed by atoms with Crippen LogP contribution in [0.15, 0.2) is 36.4 Å². The summed E-state index contributed by atoms with van der Waals surface area (Å²) in [6, 6.07) is 5.60. The van der Waals surface area contributed by atoms with E-state index in [1.807, 2.05) is 13.8 Å². The van der Waals surface area contributed by atoms with Crippen molar-refractivity contribution in [3.8, 4) is 0 Å². The molecule has 0 aliphatic heterocycles. The highest BCUT2D eigenvalue weighted by Gasteiger charge is 2.34. The van der Waals surface area contributed by atoms with Crippen molar-refractivity contribution in [3.05, 3.63) is 70.3 Å². The SMILES string of the molecule is CCCN(CCC)C(=O)c1cc(C)cc(C(=O)NC(Cc2cc(F)cc(F)c2)C(O)C(NCC)C(=O)NCC)c1. The van der Waals surface area contributed by atoms with Crippen LogP contribution in [0.5, 0.6) is 0 Å². The Morgan fingerprint density at radius 1 is 0.875 bits per heavy atom. The molecule has 40 heavy (non-hydrogen) atoms. The van der Waals surface area contributed by atoms with Crippen LogP contribution in [0, 0.1) is 18.6 Å². The van der Waals surface area contributed by atoms with Crippen molar-refractivity contribution in [1.82, 2.24) is 20.9 Å². The number of benzene rings is 2. The van der Waals surface area contributed by atoms with Crippen molar-refractivity contribution in [2.45, 2.75) is 72.1 Å². The van der Waals surface area contributed by atoms with Crippen LogP contribution >= 0.6 is 0 Å². The molecule has 0 spiro atoms. The number of amides is 3. The van der Waals surface area contributed by atoms with E-state index < -0.39 is 41.6 Å². The van der Waals surface area contributed by atoms with Crippen LogP contribution in [0.4, 0.5) is 8.78 Å². The summed E-state index contributed by atoms with van der Waals surface area (Å²) >= 11 is 0. The van der Waals surface area contributed by atoms with Crippen LogP contribution in [-0.2, 0) is 11.2 Å². The second-order valence-electron chi connectivity index (χ2n) is 9.86. The number of halogens is 2. The molecule has 0 fully saturated rings. The maximum absolute atomic E-state index is 14.0. The van der Waals surface area contributed by atoms with Crippen LogP contribution in [0.1, 0.15) is 72.4 Å². The zero-order chi connectivity index (χ0) is 29.8. The van der Waals surface area contributed by atoms with Gasteiger partial charge in [0.05, 0.1) is 12.1 Å². The van der Waals surface area contributed by atoms with Gasteiger partial charge >= 0.3 is 0 Å². The van der Waals surface area contributed by atoms with Gasteiger partial charge in [0.1, 0.15) is 17.7 Å². The number of aryl methyl sites for hydroxylation is 1. The number of rotatable bonds is 15. The first kappa shape index (κ1) is 32.8. The van der Waals surface area contributed by atoms with Crippen LogP contribution in [0.3, 0.4) is 0 Å². The van der Waals surface area contributed by atoms with E-state index in [9.17, 15) is 28.3 Å². The van der Waals surface area contributed by atoms with Crippen LogP contribution < -0.4 is 16.0 Å².